The first-order valence-electron chi connectivity index (χ1n) is 5.45. The van der Waals surface area contributed by atoms with E-state index < -0.39 is 5.97 Å². The van der Waals surface area contributed by atoms with Crippen LogP contribution in [0.2, 0.25) is 5.02 Å². The molecule has 0 radical (unpaired) electrons. The van der Waals surface area contributed by atoms with E-state index in [1.165, 1.54) is 12.1 Å². The van der Waals surface area contributed by atoms with Gasteiger partial charge in [-0.1, -0.05) is 11.6 Å². The van der Waals surface area contributed by atoms with E-state index >= 15 is 0 Å². The molecule has 0 amide bonds. The van der Waals surface area contributed by atoms with Gasteiger partial charge >= 0.3 is 5.97 Å². The summed E-state index contributed by atoms with van der Waals surface area (Å²) in [6.07, 6.45) is 0.299. The van der Waals surface area contributed by atoms with E-state index in [9.17, 15) is 9.90 Å². The number of carboxylic acids is 1. The van der Waals surface area contributed by atoms with Crippen LogP contribution in [-0.2, 0) is 0 Å². The fourth-order valence-corrected chi connectivity index (χ4v) is 2.06. The number of halogens is 1. The first-order valence-corrected chi connectivity index (χ1v) is 5.83. The highest BCUT2D eigenvalue weighted by Gasteiger charge is 2.19. The normalized spacial score (nSPS) is 9.83. The van der Waals surface area contributed by atoms with Crippen molar-refractivity contribution in [3.05, 3.63) is 22.7 Å². The molecule has 0 aromatic heterocycles. The van der Waals surface area contributed by atoms with Gasteiger partial charge in [-0.15, -0.1) is 0 Å². The summed E-state index contributed by atoms with van der Waals surface area (Å²) in [6.45, 7) is 2.86. The number of carbonyl (C=O) groups is 1. The monoisotopic (exact) mass is 267 g/mol. The van der Waals surface area contributed by atoms with Crippen molar-refractivity contribution in [1.82, 2.24) is 0 Å². The number of hydrogen-bond donors (Lipinski definition) is 2. The Kier molecular flexibility index (Phi) is 4.81. The Morgan fingerprint density at radius 1 is 1.61 bits per heavy atom. The third-order valence-electron chi connectivity index (χ3n) is 2.51. The average molecular weight is 268 g/mol. The highest BCUT2D eigenvalue weighted by atomic mass is 35.5. The summed E-state index contributed by atoms with van der Waals surface area (Å²) >= 11 is 6.06. The molecule has 0 fully saturated rings. The molecule has 1 rings (SSSR count). The first-order chi connectivity index (χ1) is 8.51. The fourth-order valence-electron chi connectivity index (χ4n) is 1.72. The predicted molar refractivity (Wildman–Crippen MR) is 70.9 cm³/mol. The van der Waals surface area contributed by atoms with E-state index in [1.54, 1.807) is 4.90 Å². The zero-order chi connectivity index (χ0) is 13.7. The number of nitrogen functional groups attached to an aromatic ring is 1. The molecule has 18 heavy (non-hydrogen) atoms. The Hall–Kier alpha value is -1.93. The Labute approximate surface area is 110 Å². The van der Waals surface area contributed by atoms with Crippen molar-refractivity contribution in [2.75, 3.05) is 23.7 Å². The second-order valence-electron chi connectivity index (χ2n) is 3.69. The Bertz CT molecular complexity index is 497. The van der Waals surface area contributed by atoms with Crippen LogP contribution in [0.5, 0.6) is 0 Å². The maximum atomic E-state index is 11.2. The van der Waals surface area contributed by atoms with Gasteiger partial charge in [0, 0.05) is 18.8 Å². The Morgan fingerprint density at radius 3 is 2.78 bits per heavy atom. The minimum absolute atomic E-state index is 0.0554. The topological polar surface area (TPSA) is 90.4 Å². The van der Waals surface area contributed by atoms with Crippen molar-refractivity contribution in [3.8, 4) is 6.07 Å². The lowest BCUT2D eigenvalue weighted by molar-refractivity contribution is 0.0697. The molecule has 3 N–H and O–H groups in total. The lowest BCUT2D eigenvalue weighted by Gasteiger charge is -2.25. The van der Waals surface area contributed by atoms with Crippen molar-refractivity contribution in [3.63, 3.8) is 0 Å². The van der Waals surface area contributed by atoms with E-state index in [-0.39, 0.29) is 10.6 Å². The molecule has 96 valence electrons. The zero-order valence-electron chi connectivity index (χ0n) is 9.98. The summed E-state index contributed by atoms with van der Waals surface area (Å²) in [7, 11) is 0. The highest BCUT2D eigenvalue weighted by Crippen LogP contribution is 2.32. The van der Waals surface area contributed by atoms with Gasteiger partial charge < -0.3 is 15.7 Å². The number of anilines is 2. The SMILES string of the molecule is CCN(CCC#N)c1c(Cl)cc(N)cc1C(=O)O. The van der Waals surface area contributed by atoms with Gasteiger partial charge in [-0.2, -0.15) is 5.26 Å². The van der Waals surface area contributed by atoms with Gasteiger partial charge in [0.1, 0.15) is 0 Å². The molecule has 0 aliphatic carbocycles. The van der Waals surface area contributed by atoms with Crippen LogP contribution in [-0.4, -0.2) is 24.2 Å². The highest BCUT2D eigenvalue weighted by molar-refractivity contribution is 6.34. The van der Waals surface area contributed by atoms with E-state index in [4.69, 9.17) is 22.6 Å². The summed E-state index contributed by atoms with van der Waals surface area (Å²) in [5, 5.41) is 18.1. The number of nitrogens with two attached hydrogens (primary N) is 1. The molecule has 1 aromatic carbocycles. The number of hydrogen-bond acceptors (Lipinski definition) is 4. The van der Waals surface area contributed by atoms with E-state index in [2.05, 4.69) is 0 Å². The van der Waals surface area contributed by atoms with Crippen LogP contribution in [0.3, 0.4) is 0 Å². The van der Waals surface area contributed by atoms with Gasteiger partial charge in [0.25, 0.3) is 0 Å². The Morgan fingerprint density at radius 2 is 2.28 bits per heavy atom. The summed E-state index contributed by atoms with van der Waals surface area (Å²) in [5.41, 5.74) is 6.36. The van der Waals surface area contributed by atoms with Crippen molar-refractivity contribution >= 4 is 28.9 Å². The molecule has 5 nitrogen and oxygen atoms in total. The lowest BCUT2D eigenvalue weighted by Crippen LogP contribution is -2.26. The third kappa shape index (κ3) is 3.05. The number of carboxylic acid groups (broad SMARTS) is 1. The van der Waals surface area contributed by atoms with Gasteiger partial charge in [-0.05, 0) is 19.1 Å². The number of benzene rings is 1. The number of nitrogens with zero attached hydrogens (tertiary/aromatic N) is 2. The Balaban J connectivity index is 3.28. The molecule has 0 aliphatic rings. The molecular formula is C12H14ClN3O2. The van der Waals surface area contributed by atoms with Crippen LogP contribution in [0.25, 0.3) is 0 Å². The van der Waals surface area contributed by atoms with Crippen LogP contribution < -0.4 is 10.6 Å². The van der Waals surface area contributed by atoms with Crippen molar-refractivity contribution in [2.24, 2.45) is 0 Å². The standard InChI is InChI=1S/C12H14ClN3O2/c1-2-16(5-3-4-14)11-9(12(17)18)6-8(15)7-10(11)13/h6-7H,2-3,5,15H2,1H3,(H,17,18). The summed E-state index contributed by atoms with van der Waals surface area (Å²) in [6, 6.07) is 4.91. The molecule has 0 aliphatic heterocycles. The average Bonchev–Trinajstić information content (AvgIpc) is 2.31. The predicted octanol–water partition coefficient (Wildman–Crippen LogP) is 2.36. The number of aromatic carboxylic acids is 1. The molecule has 6 heteroatoms. The smallest absolute Gasteiger partial charge is 0.337 e. The van der Waals surface area contributed by atoms with Crippen LogP contribution in [0, 0.1) is 11.3 Å². The minimum Gasteiger partial charge on any atom is -0.478 e. The molecule has 0 bridgehead atoms. The summed E-state index contributed by atoms with van der Waals surface area (Å²) in [4.78, 5) is 13.0. The van der Waals surface area contributed by atoms with Crippen molar-refractivity contribution < 1.29 is 9.90 Å². The minimum atomic E-state index is -1.09. The van der Waals surface area contributed by atoms with Crippen molar-refractivity contribution in [1.29, 1.82) is 5.26 Å². The maximum Gasteiger partial charge on any atom is 0.337 e. The third-order valence-corrected chi connectivity index (χ3v) is 2.80. The van der Waals surface area contributed by atoms with E-state index in [0.29, 0.717) is 30.9 Å². The van der Waals surface area contributed by atoms with Gasteiger partial charge in [-0.3, -0.25) is 0 Å². The second kappa shape index (κ2) is 6.12. The number of rotatable bonds is 5. The molecule has 0 atom stereocenters. The molecule has 1 aromatic rings. The van der Waals surface area contributed by atoms with E-state index in [1.807, 2.05) is 13.0 Å². The molecule has 0 saturated carbocycles. The van der Waals surface area contributed by atoms with E-state index in [0.717, 1.165) is 0 Å². The maximum absolute atomic E-state index is 11.2. The largest absolute Gasteiger partial charge is 0.478 e. The number of nitriles is 1. The zero-order valence-corrected chi connectivity index (χ0v) is 10.7. The molecule has 0 heterocycles. The van der Waals surface area contributed by atoms with Crippen LogP contribution >= 0.6 is 11.6 Å². The quantitative estimate of drug-likeness (QED) is 0.799. The molecule has 0 spiro atoms. The van der Waals surface area contributed by atoms with Gasteiger partial charge in [0.05, 0.1) is 28.8 Å². The summed E-state index contributed by atoms with van der Waals surface area (Å²) in [5.74, 6) is -1.09. The molecule has 0 unspecified atom stereocenters. The van der Waals surface area contributed by atoms with Gasteiger partial charge in [0.15, 0.2) is 0 Å². The van der Waals surface area contributed by atoms with Gasteiger partial charge in [-0.25, -0.2) is 4.79 Å². The van der Waals surface area contributed by atoms with Crippen LogP contribution in [0.1, 0.15) is 23.7 Å². The molecular weight excluding hydrogens is 254 g/mol. The van der Waals surface area contributed by atoms with Crippen molar-refractivity contribution in [2.45, 2.75) is 13.3 Å². The molecule has 0 saturated heterocycles. The lowest BCUT2D eigenvalue weighted by atomic mass is 10.1. The van der Waals surface area contributed by atoms with Crippen LogP contribution in [0.4, 0.5) is 11.4 Å². The second-order valence-corrected chi connectivity index (χ2v) is 4.10. The van der Waals surface area contributed by atoms with Gasteiger partial charge in [0.2, 0.25) is 0 Å². The summed E-state index contributed by atoms with van der Waals surface area (Å²) < 4.78 is 0. The first kappa shape index (κ1) is 14.1. The van der Waals surface area contributed by atoms with Crippen LogP contribution in [0.15, 0.2) is 12.1 Å². The fraction of sp³-hybridized carbons (Fsp3) is 0.333.